The Morgan fingerprint density at radius 3 is 2.31 bits per heavy atom. The summed E-state index contributed by atoms with van der Waals surface area (Å²) in [6.07, 6.45) is 0. The average molecular weight is 374 g/mol. The summed E-state index contributed by atoms with van der Waals surface area (Å²) in [5, 5.41) is 10.9. The molecule has 0 unspecified atom stereocenters. The summed E-state index contributed by atoms with van der Waals surface area (Å²) in [6.45, 7) is 8.53. The summed E-state index contributed by atoms with van der Waals surface area (Å²) in [6, 6.07) is 12.8. The highest BCUT2D eigenvalue weighted by atomic mass is 35.5. The molecule has 1 aromatic heterocycles. The molecule has 5 heteroatoms. The van der Waals surface area contributed by atoms with E-state index in [1.807, 2.05) is 30.3 Å². The number of phenolic OH excluding ortho intramolecular Hbond substituents is 1. The highest BCUT2D eigenvalue weighted by molar-refractivity contribution is 5.86. The van der Waals surface area contributed by atoms with Crippen molar-refractivity contribution in [3.63, 3.8) is 0 Å². The number of quaternary nitrogens is 1. The van der Waals surface area contributed by atoms with Gasteiger partial charge in [-0.15, -0.1) is 0 Å². The van der Waals surface area contributed by atoms with Gasteiger partial charge in [-0.2, -0.15) is 0 Å². The van der Waals surface area contributed by atoms with Gasteiger partial charge in [-0.1, -0.05) is 30.3 Å². The van der Waals surface area contributed by atoms with Gasteiger partial charge < -0.3 is 26.8 Å². The van der Waals surface area contributed by atoms with Gasteiger partial charge in [0.15, 0.2) is 5.58 Å². The van der Waals surface area contributed by atoms with E-state index in [-0.39, 0.29) is 23.6 Å². The summed E-state index contributed by atoms with van der Waals surface area (Å²) < 4.78 is 6.06. The molecule has 1 heterocycles. The van der Waals surface area contributed by atoms with Crippen LogP contribution in [0.15, 0.2) is 51.7 Å². The lowest BCUT2D eigenvalue weighted by Crippen LogP contribution is -3.10. The van der Waals surface area contributed by atoms with Gasteiger partial charge in [0, 0.05) is 0 Å². The van der Waals surface area contributed by atoms with Crippen LogP contribution in [0.5, 0.6) is 5.75 Å². The number of benzene rings is 2. The van der Waals surface area contributed by atoms with Crippen molar-refractivity contribution in [3.05, 3.63) is 64.0 Å². The first-order valence-electron chi connectivity index (χ1n) is 8.74. The first kappa shape index (κ1) is 20.0. The maximum absolute atomic E-state index is 13.1. The monoisotopic (exact) mass is 373 g/mol. The lowest BCUT2D eigenvalue weighted by molar-refractivity contribution is -0.910. The zero-order valence-corrected chi connectivity index (χ0v) is 16.1. The molecule has 0 amide bonds. The van der Waals surface area contributed by atoms with Crippen LogP contribution in [0.2, 0.25) is 0 Å². The molecule has 0 bridgehead atoms. The second kappa shape index (κ2) is 8.39. The Labute approximate surface area is 159 Å². The van der Waals surface area contributed by atoms with E-state index in [1.165, 1.54) is 4.90 Å². The molecule has 0 aliphatic carbocycles. The zero-order valence-electron chi connectivity index (χ0n) is 15.3. The van der Waals surface area contributed by atoms with Crippen molar-refractivity contribution in [1.29, 1.82) is 0 Å². The number of fused-ring (bicyclic) bond motifs is 1. The number of phenols is 1. The SMILES string of the molecule is CC[NH+](CC)Cc1c(O)ccc2c(=O)c(-c3ccccc3)c(C)oc12.[Cl-]. The van der Waals surface area contributed by atoms with Crippen molar-refractivity contribution in [3.8, 4) is 16.9 Å². The molecule has 3 rings (SSSR count). The van der Waals surface area contributed by atoms with Crippen LogP contribution in [0, 0.1) is 6.92 Å². The number of hydrogen-bond acceptors (Lipinski definition) is 3. The van der Waals surface area contributed by atoms with E-state index in [2.05, 4.69) is 13.8 Å². The molecule has 138 valence electrons. The predicted octanol–water partition coefficient (Wildman–Crippen LogP) is -0.0973. The Kier molecular flexibility index (Phi) is 6.46. The number of aryl methyl sites for hydroxylation is 1. The van der Waals surface area contributed by atoms with Crippen molar-refractivity contribution < 1.29 is 26.8 Å². The zero-order chi connectivity index (χ0) is 18.0. The van der Waals surface area contributed by atoms with Crippen LogP contribution in [-0.4, -0.2) is 18.2 Å². The normalized spacial score (nSPS) is 10.9. The molecular weight excluding hydrogens is 350 g/mol. The van der Waals surface area contributed by atoms with Gasteiger partial charge in [-0.05, 0) is 38.5 Å². The molecule has 3 aromatic rings. The molecule has 0 fully saturated rings. The first-order chi connectivity index (χ1) is 12.1. The molecule has 0 aliphatic heterocycles. The van der Waals surface area contributed by atoms with Crippen LogP contribution < -0.4 is 22.7 Å². The average Bonchev–Trinajstić information content (AvgIpc) is 2.62. The van der Waals surface area contributed by atoms with Crippen molar-refractivity contribution in [2.45, 2.75) is 27.3 Å². The van der Waals surface area contributed by atoms with E-state index in [0.29, 0.717) is 34.4 Å². The van der Waals surface area contributed by atoms with Crippen molar-refractivity contribution in [2.24, 2.45) is 0 Å². The van der Waals surface area contributed by atoms with E-state index in [0.717, 1.165) is 18.7 Å². The Morgan fingerprint density at radius 1 is 1.04 bits per heavy atom. The minimum atomic E-state index is -0.0549. The molecule has 0 aliphatic rings. The number of aromatic hydroxyl groups is 1. The summed E-state index contributed by atoms with van der Waals surface area (Å²) in [5.41, 5.74) is 2.58. The summed E-state index contributed by atoms with van der Waals surface area (Å²) in [7, 11) is 0. The van der Waals surface area contributed by atoms with Crippen molar-refractivity contribution in [2.75, 3.05) is 13.1 Å². The topological polar surface area (TPSA) is 54.9 Å². The Morgan fingerprint density at radius 2 is 1.69 bits per heavy atom. The van der Waals surface area contributed by atoms with Gasteiger partial charge in [0.2, 0.25) is 5.43 Å². The van der Waals surface area contributed by atoms with E-state index in [9.17, 15) is 9.90 Å². The predicted molar refractivity (Wildman–Crippen MR) is 100 cm³/mol. The quantitative estimate of drug-likeness (QED) is 0.657. The van der Waals surface area contributed by atoms with E-state index < -0.39 is 0 Å². The third-order valence-corrected chi connectivity index (χ3v) is 4.80. The van der Waals surface area contributed by atoms with Gasteiger partial charge in [0.05, 0.1) is 29.6 Å². The number of nitrogens with one attached hydrogen (secondary N) is 1. The minimum absolute atomic E-state index is 0. The van der Waals surface area contributed by atoms with E-state index >= 15 is 0 Å². The second-order valence-electron chi connectivity index (χ2n) is 6.30. The van der Waals surface area contributed by atoms with Crippen LogP contribution in [0.4, 0.5) is 0 Å². The first-order valence-corrected chi connectivity index (χ1v) is 8.74. The fourth-order valence-corrected chi connectivity index (χ4v) is 3.27. The van der Waals surface area contributed by atoms with Crippen LogP contribution in [0.3, 0.4) is 0 Å². The number of hydrogen-bond donors (Lipinski definition) is 2. The molecule has 0 spiro atoms. The minimum Gasteiger partial charge on any atom is -1.00 e. The molecule has 4 nitrogen and oxygen atoms in total. The Balaban J connectivity index is 0.00000243. The van der Waals surface area contributed by atoms with Crippen LogP contribution in [-0.2, 0) is 6.54 Å². The van der Waals surface area contributed by atoms with Gasteiger partial charge >= 0.3 is 0 Å². The van der Waals surface area contributed by atoms with Crippen LogP contribution in [0.1, 0.15) is 25.2 Å². The molecule has 0 saturated carbocycles. The summed E-state index contributed by atoms with van der Waals surface area (Å²) >= 11 is 0. The fraction of sp³-hybridized carbons (Fsp3) is 0.286. The fourth-order valence-electron chi connectivity index (χ4n) is 3.27. The van der Waals surface area contributed by atoms with Crippen LogP contribution >= 0.6 is 0 Å². The largest absolute Gasteiger partial charge is 1.00 e. The highest BCUT2D eigenvalue weighted by Gasteiger charge is 2.20. The Bertz CT molecular complexity index is 947. The molecule has 0 saturated heterocycles. The maximum atomic E-state index is 13.1. The number of rotatable bonds is 5. The highest BCUT2D eigenvalue weighted by Crippen LogP contribution is 2.29. The van der Waals surface area contributed by atoms with E-state index in [4.69, 9.17) is 4.42 Å². The van der Waals surface area contributed by atoms with E-state index in [1.54, 1.807) is 19.1 Å². The van der Waals surface area contributed by atoms with Gasteiger partial charge in [-0.25, -0.2) is 0 Å². The Hall–Kier alpha value is -2.30. The van der Waals surface area contributed by atoms with Gasteiger partial charge in [0.1, 0.15) is 18.1 Å². The van der Waals surface area contributed by atoms with Crippen LogP contribution in [0.25, 0.3) is 22.1 Å². The van der Waals surface area contributed by atoms with Gasteiger partial charge in [-0.3, -0.25) is 4.79 Å². The molecule has 2 aromatic carbocycles. The van der Waals surface area contributed by atoms with Crippen molar-refractivity contribution in [1.82, 2.24) is 0 Å². The summed E-state index contributed by atoms with van der Waals surface area (Å²) in [5.74, 6) is 0.756. The van der Waals surface area contributed by atoms with Gasteiger partial charge in [0.25, 0.3) is 0 Å². The van der Waals surface area contributed by atoms with Crippen molar-refractivity contribution >= 4 is 11.0 Å². The molecule has 0 radical (unpaired) electrons. The lowest BCUT2D eigenvalue weighted by atomic mass is 10.0. The third-order valence-electron chi connectivity index (χ3n) is 4.80. The standard InChI is InChI=1S/C21H23NO3.ClH/c1-4-22(5-2)13-17-18(23)12-11-16-20(24)19(14(3)25-21(16)17)15-9-7-6-8-10-15;/h6-12,23H,4-5,13H2,1-3H3;1H. The molecule has 0 atom stereocenters. The molecule has 26 heavy (non-hydrogen) atoms. The third kappa shape index (κ3) is 3.62. The molecule has 2 N–H and O–H groups in total. The smallest absolute Gasteiger partial charge is 0.200 e. The summed E-state index contributed by atoms with van der Waals surface area (Å²) in [4.78, 5) is 14.4. The lowest BCUT2D eigenvalue weighted by Gasteiger charge is -2.17. The molecular formula is C21H24ClNO3. The maximum Gasteiger partial charge on any atom is 0.200 e. The number of halogens is 1. The second-order valence-corrected chi connectivity index (χ2v) is 6.30.